The Bertz CT molecular complexity index is 169. The van der Waals surface area contributed by atoms with Crippen LogP contribution in [0, 0.1) is 0 Å². The summed E-state index contributed by atoms with van der Waals surface area (Å²) in [6, 6.07) is 1.28. The Morgan fingerprint density at radius 3 is 2.88 bits per heavy atom. The number of nitrogens with zero attached hydrogens (tertiary/aromatic N) is 1. The molecule has 1 fully saturated rings. The van der Waals surface area contributed by atoms with Crippen molar-refractivity contribution < 1.29 is 4.74 Å². The molecule has 2 atom stereocenters. The number of hydrogen-bond acceptors (Lipinski definition) is 3. The van der Waals surface area contributed by atoms with Gasteiger partial charge in [-0.2, -0.15) is 0 Å². The molecule has 1 aliphatic heterocycles. The summed E-state index contributed by atoms with van der Waals surface area (Å²) in [6.07, 6.45) is 4.99. The van der Waals surface area contributed by atoms with Gasteiger partial charge in [0, 0.05) is 25.7 Å². The van der Waals surface area contributed by atoms with Gasteiger partial charge in [-0.15, -0.1) is 0 Å². The van der Waals surface area contributed by atoms with Crippen LogP contribution in [-0.2, 0) is 4.74 Å². The molecule has 0 saturated carbocycles. The lowest BCUT2D eigenvalue weighted by Gasteiger charge is -2.31. The van der Waals surface area contributed by atoms with E-state index in [1.807, 2.05) is 7.11 Å². The molecule has 2 unspecified atom stereocenters. The number of rotatable bonds is 6. The summed E-state index contributed by atoms with van der Waals surface area (Å²) in [5.74, 6) is 0. The highest BCUT2D eigenvalue weighted by Gasteiger charge is 2.22. The van der Waals surface area contributed by atoms with Crippen molar-refractivity contribution in [2.45, 2.75) is 51.6 Å². The van der Waals surface area contributed by atoms with Crippen molar-refractivity contribution in [1.29, 1.82) is 0 Å². The highest BCUT2D eigenvalue weighted by Crippen LogP contribution is 2.12. The second kappa shape index (κ2) is 8.04. The highest BCUT2D eigenvalue weighted by molar-refractivity contribution is 4.80. The highest BCUT2D eigenvalue weighted by atomic mass is 16.5. The van der Waals surface area contributed by atoms with E-state index in [1.165, 1.54) is 45.3 Å². The fraction of sp³-hybridized carbons (Fsp3) is 1.00. The molecule has 0 aromatic heterocycles. The summed E-state index contributed by atoms with van der Waals surface area (Å²) in [5, 5.41) is 3.62. The van der Waals surface area contributed by atoms with Gasteiger partial charge in [0.2, 0.25) is 0 Å². The van der Waals surface area contributed by atoms with Crippen LogP contribution in [-0.4, -0.2) is 50.3 Å². The summed E-state index contributed by atoms with van der Waals surface area (Å²) < 4.78 is 5.36. The first-order valence-electron chi connectivity index (χ1n) is 6.78. The fourth-order valence-corrected chi connectivity index (χ4v) is 2.53. The molecular formula is C13H28N2O. The van der Waals surface area contributed by atoms with Crippen molar-refractivity contribution in [3.05, 3.63) is 0 Å². The molecular weight excluding hydrogens is 200 g/mol. The van der Waals surface area contributed by atoms with E-state index in [1.54, 1.807) is 0 Å². The van der Waals surface area contributed by atoms with Crippen molar-refractivity contribution in [2.75, 3.05) is 33.4 Å². The largest absolute Gasteiger partial charge is 0.383 e. The monoisotopic (exact) mass is 228 g/mol. The Morgan fingerprint density at radius 1 is 1.44 bits per heavy atom. The summed E-state index contributed by atoms with van der Waals surface area (Å²) in [7, 11) is 1.82. The molecule has 0 aliphatic carbocycles. The van der Waals surface area contributed by atoms with Crippen LogP contribution in [0.4, 0.5) is 0 Å². The molecule has 1 saturated heterocycles. The van der Waals surface area contributed by atoms with Gasteiger partial charge in [0.1, 0.15) is 0 Å². The lowest BCUT2D eigenvalue weighted by Crippen LogP contribution is -2.44. The molecule has 16 heavy (non-hydrogen) atoms. The van der Waals surface area contributed by atoms with Crippen LogP contribution >= 0.6 is 0 Å². The Kier molecular flexibility index (Phi) is 7.01. The van der Waals surface area contributed by atoms with Crippen molar-refractivity contribution in [1.82, 2.24) is 10.2 Å². The molecule has 1 rings (SSSR count). The van der Waals surface area contributed by atoms with Gasteiger partial charge in [-0.05, 0) is 32.4 Å². The first-order chi connectivity index (χ1) is 7.81. The molecule has 0 aromatic carbocycles. The molecule has 0 radical (unpaired) electrons. The average Bonchev–Trinajstić information content (AvgIpc) is 2.54. The standard InChI is InChI=1S/C13H28N2O/c1-4-7-13(11-16-3)15-9-6-8-14-12(5-2)10-15/h12-14H,4-11H2,1-3H3. The topological polar surface area (TPSA) is 24.5 Å². The van der Waals surface area contributed by atoms with E-state index in [2.05, 4.69) is 24.1 Å². The maximum atomic E-state index is 5.36. The predicted molar refractivity (Wildman–Crippen MR) is 68.8 cm³/mol. The summed E-state index contributed by atoms with van der Waals surface area (Å²) in [5.41, 5.74) is 0. The van der Waals surface area contributed by atoms with Gasteiger partial charge in [0.15, 0.2) is 0 Å². The second-order valence-corrected chi connectivity index (χ2v) is 4.81. The van der Waals surface area contributed by atoms with Crippen molar-refractivity contribution >= 4 is 0 Å². The minimum Gasteiger partial charge on any atom is -0.383 e. The zero-order valence-corrected chi connectivity index (χ0v) is 11.2. The minimum atomic E-state index is 0.615. The molecule has 3 nitrogen and oxygen atoms in total. The Balaban J connectivity index is 2.51. The first kappa shape index (κ1) is 13.9. The lowest BCUT2D eigenvalue weighted by molar-refractivity contribution is 0.0828. The molecule has 1 N–H and O–H groups in total. The Hall–Kier alpha value is -0.120. The number of ether oxygens (including phenoxy) is 1. The maximum Gasteiger partial charge on any atom is 0.0618 e. The van der Waals surface area contributed by atoms with Gasteiger partial charge in [-0.1, -0.05) is 20.3 Å². The van der Waals surface area contributed by atoms with Crippen LogP contribution in [0.3, 0.4) is 0 Å². The fourth-order valence-electron chi connectivity index (χ4n) is 2.53. The first-order valence-corrected chi connectivity index (χ1v) is 6.78. The van der Waals surface area contributed by atoms with E-state index in [4.69, 9.17) is 4.74 Å². The third-order valence-electron chi connectivity index (χ3n) is 3.50. The third kappa shape index (κ3) is 4.40. The van der Waals surface area contributed by atoms with Crippen LogP contribution in [0.2, 0.25) is 0 Å². The van der Waals surface area contributed by atoms with Crippen molar-refractivity contribution in [3.8, 4) is 0 Å². The van der Waals surface area contributed by atoms with Gasteiger partial charge in [-0.25, -0.2) is 0 Å². The quantitative estimate of drug-likeness (QED) is 0.751. The Labute approximate surface area is 101 Å². The molecule has 0 bridgehead atoms. The summed E-state index contributed by atoms with van der Waals surface area (Å²) >= 11 is 0. The van der Waals surface area contributed by atoms with Crippen LogP contribution in [0.25, 0.3) is 0 Å². The Morgan fingerprint density at radius 2 is 2.25 bits per heavy atom. The molecule has 0 spiro atoms. The van der Waals surface area contributed by atoms with E-state index < -0.39 is 0 Å². The van der Waals surface area contributed by atoms with E-state index in [0.717, 1.165) is 6.61 Å². The van der Waals surface area contributed by atoms with Crippen molar-refractivity contribution in [2.24, 2.45) is 0 Å². The van der Waals surface area contributed by atoms with Crippen LogP contribution < -0.4 is 5.32 Å². The average molecular weight is 228 g/mol. The lowest BCUT2D eigenvalue weighted by atomic mass is 10.1. The number of methoxy groups -OCH3 is 1. The van der Waals surface area contributed by atoms with E-state index >= 15 is 0 Å². The molecule has 0 amide bonds. The predicted octanol–water partition coefficient (Wildman–Crippen LogP) is 1.88. The van der Waals surface area contributed by atoms with Gasteiger partial charge in [0.05, 0.1) is 6.61 Å². The molecule has 96 valence electrons. The smallest absolute Gasteiger partial charge is 0.0618 e. The molecule has 1 aliphatic rings. The van der Waals surface area contributed by atoms with E-state index in [0.29, 0.717) is 12.1 Å². The van der Waals surface area contributed by atoms with E-state index in [9.17, 15) is 0 Å². The zero-order chi connectivity index (χ0) is 11.8. The van der Waals surface area contributed by atoms with E-state index in [-0.39, 0.29) is 0 Å². The van der Waals surface area contributed by atoms with Gasteiger partial charge in [-0.3, -0.25) is 4.90 Å². The number of nitrogens with one attached hydrogen (secondary N) is 1. The van der Waals surface area contributed by atoms with Crippen LogP contribution in [0.5, 0.6) is 0 Å². The minimum absolute atomic E-state index is 0.615. The summed E-state index contributed by atoms with van der Waals surface area (Å²) in [4.78, 5) is 2.63. The summed E-state index contributed by atoms with van der Waals surface area (Å²) in [6.45, 7) is 8.98. The zero-order valence-electron chi connectivity index (χ0n) is 11.2. The third-order valence-corrected chi connectivity index (χ3v) is 3.50. The normalized spacial score (nSPS) is 25.3. The SMILES string of the molecule is CCCC(COC)N1CCCNC(CC)C1. The van der Waals surface area contributed by atoms with Crippen LogP contribution in [0.1, 0.15) is 39.5 Å². The molecule has 0 aromatic rings. The van der Waals surface area contributed by atoms with Gasteiger partial charge >= 0.3 is 0 Å². The van der Waals surface area contributed by atoms with Gasteiger partial charge in [0.25, 0.3) is 0 Å². The van der Waals surface area contributed by atoms with Gasteiger partial charge < -0.3 is 10.1 Å². The number of hydrogen-bond donors (Lipinski definition) is 1. The second-order valence-electron chi connectivity index (χ2n) is 4.81. The maximum absolute atomic E-state index is 5.36. The molecule has 1 heterocycles. The molecule has 3 heteroatoms. The van der Waals surface area contributed by atoms with Crippen LogP contribution in [0.15, 0.2) is 0 Å². The van der Waals surface area contributed by atoms with Crippen molar-refractivity contribution in [3.63, 3.8) is 0 Å².